The van der Waals surface area contributed by atoms with E-state index in [1.807, 2.05) is 49.4 Å². The summed E-state index contributed by atoms with van der Waals surface area (Å²) in [5.74, 6) is 1.85. The van der Waals surface area contributed by atoms with Crippen LogP contribution in [0.1, 0.15) is 5.56 Å². The molecule has 0 spiro atoms. The highest BCUT2D eigenvalue weighted by Gasteiger charge is 2.14. The fourth-order valence-electron chi connectivity index (χ4n) is 2.65. The van der Waals surface area contributed by atoms with Gasteiger partial charge in [0.15, 0.2) is 5.65 Å². The first-order chi connectivity index (χ1) is 12.7. The van der Waals surface area contributed by atoms with E-state index in [1.165, 1.54) is 6.33 Å². The summed E-state index contributed by atoms with van der Waals surface area (Å²) in [4.78, 5) is 8.61. The fourth-order valence-corrected chi connectivity index (χ4v) is 2.81. The summed E-state index contributed by atoms with van der Waals surface area (Å²) in [6.07, 6.45) is 3.15. The zero-order valence-electron chi connectivity index (χ0n) is 14.2. The highest BCUT2D eigenvalue weighted by molar-refractivity contribution is 6.30. The van der Waals surface area contributed by atoms with Gasteiger partial charge in [-0.1, -0.05) is 17.7 Å². The van der Waals surface area contributed by atoms with Gasteiger partial charge in [0, 0.05) is 5.02 Å². The van der Waals surface area contributed by atoms with Crippen LogP contribution in [-0.4, -0.2) is 26.9 Å². The molecule has 2 aromatic heterocycles. The molecule has 130 valence electrons. The molecule has 26 heavy (non-hydrogen) atoms. The Bertz CT molecular complexity index is 1080. The van der Waals surface area contributed by atoms with Crippen LogP contribution < -0.4 is 9.47 Å². The van der Waals surface area contributed by atoms with Crippen molar-refractivity contribution in [1.82, 2.24) is 19.7 Å². The molecule has 0 aliphatic heterocycles. The molecule has 0 saturated carbocycles. The lowest BCUT2D eigenvalue weighted by atomic mass is 10.2. The molecule has 0 fully saturated rings. The van der Waals surface area contributed by atoms with Gasteiger partial charge in [-0.15, -0.1) is 0 Å². The smallest absolute Gasteiger partial charge is 0.233 e. The molecular formula is C19H15ClN4O2. The summed E-state index contributed by atoms with van der Waals surface area (Å²) in [5, 5.41) is 5.80. The minimum Gasteiger partial charge on any atom is -0.497 e. The lowest BCUT2D eigenvalue weighted by Gasteiger charge is -2.08. The predicted octanol–water partition coefficient (Wildman–Crippen LogP) is 4.58. The van der Waals surface area contributed by atoms with Crippen LogP contribution in [0, 0.1) is 6.92 Å². The molecule has 0 radical (unpaired) electrons. The van der Waals surface area contributed by atoms with Crippen LogP contribution in [0.15, 0.2) is 55.0 Å². The number of rotatable bonds is 4. The molecule has 7 heteroatoms. The number of aromatic nitrogens is 4. The van der Waals surface area contributed by atoms with Gasteiger partial charge in [-0.05, 0) is 48.9 Å². The number of ether oxygens (including phenoxy) is 2. The molecule has 0 N–H and O–H groups in total. The summed E-state index contributed by atoms with van der Waals surface area (Å²) in [7, 11) is 1.62. The molecule has 0 aliphatic rings. The Labute approximate surface area is 155 Å². The highest BCUT2D eigenvalue weighted by Crippen LogP contribution is 2.29. The van der Waals surface area contributed by atoms with Crippen LogP contribution in [0.25, 0.3) is 16.7 Å². The summed E-state index contributed by atoms with van der Waals surface area (Å²) < 4.78 is 12.8. The Morgan fingerprint density at radius 1 is 1.00 bits per heavy atom. The van der Waals surface area contributed by atoms with Gasteiger partial charge in [0.1, 0.15) is 23.2 Å². The third-order valence-electron chi connectivity index (χ3n) is 4.00. The van der Waals surface area contributed by atoms with Crippen molar-refractivity contribution in [3.63, 3.8) is 0 Å². The van der Waals surface area contributed by atoms with E-state index in [4.69, 9.17) is 21.1 Å². The molecule has 0 bridgehead atoms. The quantitative estimate of drug-likeness (QED) is 0.529. The summed E-state index contributed by atoms with van der Waals surface area (Å²) in [6.45, 7) is 2.00. The SMILES string of the molecule is COc1ccc(Oc2ncnc3c2cnn3-c2cc(Cl)ccc2C)cc1. The van der Waals surface area contributed by atoms with E-state index in [0.29, 0.717) is 27.7 Å². The Morgan fingerprint density at radius 2 is 1.77 bits per heavy atom. The van der Waals surface area contributed by atoms with Crippen LogP contribution in [0.5, 0.6) is 17.4 Å². The van der Waals surface area contributed by atoms with Gasteiger partial charge in [0.25, 0.3) is 0 Å². The summed E-state index contributed by atoms with van der Waals surface area (Å²) >= 11 is 6.14. The van der Waals surface area contributed by atoms with E-state index in [1.54, 1.807) is 18.0 Å². The number of hydrogen-bond donors (Lipinski definition) is 0. The average molecular weight is 367 g/mol. The largest absolute Gasteiger partial charge is 0.497 e. The molecule has 0 atom stereocenters. The van der Waals surface area contributed by atoms with Crippen molar-refractivity contribution >= 4 is 22.6 Å². The number of nitrogens with zero attached hydrogens (tertiary/aromatic N) is 4. The first-order valence-corrected chi connectivity index (χ1v) is 8.30. The molecule has 0 amide bonds. The van der Waals surface area contributed by atoms with Crippen molar-refractivity contribution in [2.24, 2.45) is 0 Å². The van der Waals surface area contributed by atoms with Crippen molar-refractivity contribution in [2.75, 3.05) is 7.11 Å². The first-order valence-electron chi connectivity index (χ1n) is 7.93. The maximum absolute atomic E-state index is 6.14. The van der Waals surface area contributed by atoms with E-state index in [9.17, 15) is 0 Å². The third kappa shape index (κ3) is 2.95. The number of halogens is 1. The van der Waals surface area contributed by atoms with Crippen LogP contribution in [-0.2, 0) is 0 Å². The van der Waals surface area contributed by atoms with Crippen molar-refractivity contribution in [1.29, 1.82) is 0 Å². The maximum atomic E-state index is 6.14. The number of aryl methyl sites for hydroxylation is 1. The lowest BCUT2D eigenvalue weighted by molar-refractivity contribution is 0.412. The highest BCUT2D eigenvalue weighted by atomic mass is 35.5. The van der Waals surface area contributed by atoms with Gasteiger partial charge in [0.05, 0.1) is 19.0 Å². The van der Waals surface area contributed by atoms with E-state index < -0.39 is 0 Å². The normalized spacial score (nSPS) is 10.9. The molecule has 4 rings (SSSR count). The van der Waals surface area contributed by atoms with E-state index >= 15 is 0 Å². The second kappa shape index (κ2) is 6.65. The lowest BCUT2D eigenvalue weighted by Crippen LogP contribution is -2.00. The zero-order valence-corrected chi connectivity index (χ0v) is 14.9. The molecule has 2 aromatic carbocycles. The zero-order chi connectivity index (χ0) is 18.1. The molecule has 0 aliphatic carbocycles. The van der Waals surface area contributed by atoms with Gasteiger partial charge < -0.3 is 9.47 Å². The second-order valence-electron chi connectivity index (χ2n) is 5.68. The van der Waals surface area contributed by atoms with Crippen LogP contribution in [0.3, 0.4) is 0 Å². The average Bonchev–Trinajstić information content (AvgIpc) is 3.09. The Balaban J connectivity index is 1.76. The summed E-state index contributed by atoms with van der Waals surface area (Å²) in [6, 6.07) is 12.9. The van der Waals surface area contributed by atoms with Crippen molar-refractivity contribution in [3.05, 3.63) is 65.6 Å². The Hall–Kier alpha value is -3.12. The monoisotopic (exact) mass is 366 g/mol. The number of benzene rings is 2. The summed E-state index contributed by atoms with van der Waals surface area (Å²) in [5.41, 5.74) is 2.55. The number of fused-ring (bicyclic) bond motifs is 1. The van der Waals surface area contributed by atoms with Gasteiger partial charge in [-0.3, -0.25) is 0 Å². The molecule has 0 unspecified atom stereocenters. The van der Waals surface area contributed by atoms with Gasteiger partial charge in [-0.25, -0.2) is 14.6 Å². The Morgan fingerprint density at radius 3 is 2.54 bits per heavy atom. The molecule has 4 aromatic rings. The maximum Gasteiger partial charge on any atom is 0.233 e. The van der Waals surface area contributed by atoms with Crippen LogP contribution >= 0.6 is 11.6 Å². The third-order valence-corrected chi connectivity index (χ3v) is 4.24. The standard InChI is InChI=1S/C19H15ClN4O2/c1-12-3-4-13(20)9-17(12)24-18-16(10-23-24)19(22-11-21-18)26-15-7-5-14(25-2)6-8-15/h3-11H,1-2H3. The minimum atomic E-state index is 0.436. The predicted molar refractivity (Wildman–Crippen MR) is 99.5 cm³/mol. The van der Waals surface area contributed by atoms with E-state index in [2.05, 4.69) is 15.1 Å². The first kappa shape index (κ1) is 16.4. The number of methoxy groups -OCH3 is 1. The molecule has 2 heterocycles. The number of hydrogen-bond acceptors (Lipinski definition) is 5. The van der Waals surface area contributed by atoms with Crippen molar-refractivity contribution in [2.45, 2.75) is 6.92 Å². The minimum absolute atomic E-state index is 0.436. The van der Waals surface area contributed by atoms with E-state index in [0.717, 1.165) is 17.0 Å². The van der Waals surface area contributed by atoms with Gasteiger partial charge in [-0.2, -0.15) is 5.10 Å². The molecule has 6 nitrogen and oxygen atoms in total. The molecular weight excluding hydrogens is 352 g/mol. The second-order valence-corrected chi connectivity index (χ2v) is 6.12. The van der Waals surface area contributed by atoms with Gasteiger partial charge >= 0.3 is 0 Å². The fraction of sp³-hybridized carbons (Fsp3) is 0.105. The van der Waals surface area contributed by atoms with Gasteiger partial charge in [0.2, 0.25) is 5.88 Å². The molecule has 0 saturated heterocycles. The van der Waals surface area contributed by atoms with Crippen molar-refractivity contribution in [3.8, 4) is 23.1 Å². The van der Waals surface area contributed by atoms with Crippen molar-refractivity contribution < 1.29 is 9.47 Å². The van der Waals surface area contributed by atoms with E-state index in [-0.39, 0.29) is 0 Å². The Kier molecular flexibility index (Phi) is 4.18. The topological polar surface area (TPSA) is 62.1 Å². The van der Waals surface area contributed by atoms with Crippen LogP contribution in [0.2, 0.25) is 5.02 Å². The van der Waals surface area contributed by atoms with Crippen LogP contribution in [0.4, 0.5) is 0 Å².